The van der Waals surface area contributed by atoms with Crippen molar-refractivity contribution in [3.05, 3.63) is 89.5 Å². The number of rotatable bonds is 6. The molecule has 6 rings (SSSR count). The molecular formula is C33H38N2O6Si. The molecule has 9 heteroatoms. The fraction of sp³-hybridized carbons (Fsp3) is 0.394. The van der Waals surface area contributed by atoms with E-state index in [1.165, 1.54) is 0 Å². The molecule has 3 heterocycles. The van der Waals surface area contributed by atoms with Gasteiger partial charge < -0.3 is 24.3 Å². The Morgan fingerprint density at radius 3 is 2.43 bits per heavy atom. The molecule has 2 amide bonds. The van der Waals surface area contributed by atoms with Crippen LogP contribution in [-0.2, 0) is 32.9 Å². The van der Waals surface area contributed by atoms with Gasteiger partial charge >= 0.3 is 0 Å². The zero-order valence-corrected chi connectivity index (χ0v) is 25.5. The first kappa shape index (κ1) is 28.6. The lowest BCUT2D eigenvalue weighted by Gasteiger charge is -2.37. The maximum absolute atomic E-state index is 14.6. The third kappa shape index (κ3) is 4.46. The standard InChI is InChI=1S/C33H38N2O6Si/c1-21-31(42(3,4)39)29(18-30(37)34-19-23-11-9-8-10-22(23)16-25(34)20-36)41-33(21)27-17-26(40-2)14-15-28(27)35(32(33)38)24-12-6-5-7-13-24/h5-15,17,21,25,29,31,36,39H,16,18-20H2,1-4H3/t21-,25-,29+,31-,33+/m0/s1. The van der Waals surface area contributed by atoms with Gasteiger partial charge in [0.1, 0.15) is 5.75 Å². The van der Waals surface area contributed by atoms with E-state index in [1.54, 1.807) is 16.9 Å². The average Bonchev–Trinajstić information content (AvgIpc) is 3.42. The van der Waals surface area contributed by atoms with Crippen molar-refractivity contribution in [1.29, 1.82) is 0 Å². The summed E-state index contributed by atoms with van der Waals surface area (Å²) < 4.78 is 12.4. The van der Waals surface area contributed by atoms with E-state index < -0.39 is 31.5 Å². The number of para-hydroxylation sites is 1. The molecule has 0 aliphatic carbocycles. The molecule has 3 aromatic carbocycles. The van der Waals surface area contributed by atoms with Crippen molar-refractivity contribution in [2.45, 2.75) is 62.7 Å². The topological polar surface area (TPSA) is 99.5 Å². The largest absolute Gasteiger partial charge is 0.497 e. The zero-order chi connectivity index (χ0) is 29.8. The van der Waals surface area contributed by atoms with E-state index in [-0.39, 0.29) is 30.9 Å². The number of anilines is 2. The Kier molecular flexibility index (Phi) is 7.25. The van der Waals surface area contributed by atoms with Gasteiger partial charge in [-0.15, -0.1) is 0 Å². The number of nitrogens with zero attached hydrogens (tertiary/aromatic N) is 2. The molecule has 3 aliphatic rings. The highest BCUT2D eigenvalue weighted by molar-refractivity contribution is 6.71. The summed E-state index contributed by atoms with van der Waals surface area (Å²) in [6, 6.07) is 22.6. The van der Waals surface area contributed by atoms with E-state index in [0.29, 0.717) is 30.0 Å². The minimum Gasteiger partial charge on any atom is -0.497 e. The van der Waals surface area contributed by atoms with Gasteiger partial charge in [0, 0.05) is 29.3 Å². The predicted octanol–water partition coefficient (Wildman–Crippen LogP) is 4.51. The maximum Gasteiger partial charge on any atom is 0.268 e. The molecule has 3 aromatic rings. The predicted molar refractivity (Wildman–Crippen MR) is 162 cm³/mol. The Hall–Kier alpha value is -3.50. The van der Waals surface area contributed by atoms with Gasteiger partial charge in [0.25, 0.3) is 5.91 Å². The van der Waals surface area contributed by atoms with Gasteiger partial charge in [-0.05, 0) is 61.0 Å². The molecule has 5 atom stereocenters. The number of amides is 2. The lowest BCUT2D eigenvalue weighted by molar-refractivity contribution is -0.150. The normalized spacial score (nSPS) is 26.9. The molecule has 0 saturated carbocycles. The van der Waals surface area contributed by atoms with Crippen LogP contribution in [0.1, 0.15) is 30.0 Å². The van der Waals surface area contributed by atoms with Crippen LogP contribution in [0, 0.1) is 5.92 Å². The number of carbonyl (C=O) groups is 2. The number of ether oxygens (including phenoxy) is 2. The first-order chi connectivity index (χ1) is 20.1. The van der Waals surface area contributed by atoms with Crippen molar-refractivity contribution >= 4 is 31.5 Å². The van der Waals surface area contributed by atoms with Crippen LogP contribution in [-0.4, -0.2) is 60.8 Å². The van der Waals surface area contributed by atoms with Gasteiger partial charge in [-0.2, -0.15) is 0 Å². The molecule has 1 saturated heterocycles. The number of carbonyl (C=O) groups excluding carboxylic acids is 2. The lowest BCUT2D eigenvalue weighted by atomic mass is 9.82. The summed E-state index contributed by atoms with van der Waals surface area (Å²) in [4.78, 5) is 43.6. The Balaban J connectivity index is 1.40. The molecule has 0 bridgehead atoms. The highest BCUT2D eigenvalue weighted by atomic mass is 28.4. The molecule has 0 unspecified atom stereocenters. The molecule has 42 heavy (non-hydrogen) atoms. The van der Waals surface area contributed by atoms with Crippen molar-refractivity contribution in [2.75, 3.05) is 18.6 Å². The number of hydrogen-bond acceptors (Lipinski definition) is 6. The van der Waals surface area contributed by atoms with Crippen LogP contribution in [0.25, 0.3) is 0 Å². The van der Waals surface area contributed by atoms with E-state index >= 15 is 0 Å². The highest BCUT2D eigenvalue weighted by Gasteiger charge is 2.67. The fourth-order valence-corrected chi connectivity index (χ4v) is 10.0. The summed E-state index contributed by atoms with van der Waals surface area (Å²) in [5, 5.41) is 10.2. The second kappa shape index (κ2) is 10.6. The van der Waals surface area contributed by atoms with E-state index in [1.807, 2.05) is 92.8 Å². The molecule has 220 valence electrons. The van der Waals surface area contributed by atoms with Gasteiger partial charge in [0.15, 0.2) is 13.9 Å². The number of methoxy groups -OCH3 is 1. The number of hydrogen-bond donors (Lipinski definition) is 2. The number of aliphatic hydroxyl groups excluding tert-OH is 1. The van der Waals surface area contributed by atoms with Crippen LogP contribution in [0.2, 0.25) is 18.6 Å². The summed E-state index contributed by atoms with van der Waals surface area (Å²) in [7, 11) is -1.38. The van der Waals surface area contributed by atoms with Crippen molar-refractivity contribution in [2.24, 2.45) is 5.92 Å². The molecule has 8 nitrogen and oxygen atoms in total. The van der Waals surface area contributed by atoms with Crippen LogP contribution < -0.4 is 9.64 Å². The molecule has 2 N–H and O–H groups in total. The molecule has 1 fully saturated rings. The van der Waals surface area contributed by atoms with Crippen LogP contribution in [0.15, 0.2) is 72.8 Å². The van der Waals surface area contributed by atoms with Crippen molar-refractivity contribution in [3.63, 3.8) is 0 Å². The highest BCUT2D eigenvalue weighted by Crippen LogP contribution is 2.61. The monoisotopic (exact) mass is 586 g/mol. The first-order valence-corrected chi connectivity index (χ1v) is 17.6. The van der Waals surface area contributed by atoms with Gasteiger partial charge in [-0.1, -0.05) is 49.4 Å². The van der Waals surface area contributed by atoms with Crippen molar-refractivity contribution in [1.82, 2.24) is 4.90 Å². The third-order valence-electron chi connectivity index (χ3n) is 9.38. The van der Waals surface area contributed by atoms with Crippen LogP contribution >= 0.6 is 0 Å². The van der Waals surface area contributed by atoms with Crippen LogP contribution in [0.3, 0.4) is 0 Å². The summed E-state index contributed by atoms with van der Waals surface area (Å²) in [6.45, 7) is 5.92. The number of aliphatic hydroxyl groups is 1. The number of benzene rings is 3. The van der Waals surface area contributed by atoms with Crippen molar-refractivity contribution in [3.8, 4) is 5.75 Å². The molecule has 0 aromatic heterocycles. The molecule has 0 radical (unpaired) electrons. The maximum atomic E-state index is 14.6. The fourth-order valence-electron chi connectivity index (χ4n) is 7.47. The molecular weight excluding hydrogens is 548 g/mol. The quantitative estimate of drug-likeness (QED) is 0.413. The van der Waals surface area contributed by atoms with Gasteiger partial charge in [0.05, 0.1) is 38.0 Å². The first-order valence-electron chi connectivity index (χ1n) is 14.6. The number of fused-ring (bicyclic) bond motifs is 3. The van der Waals surface area contributed by atoms with E-state index in [4.69, 9.17) is 9.47 Å². The SMILES string of the molecule is COc1ccc2c(c1)[C@@]1(O[C@H](CC(=O)N3Cc4ccccc4C[C@H]3CO)[C@@H]([Si](C)(C)O)[C@@H]1C)C(=O)N2c1ccccc1. The van der Waals surface area contributed by atoms with Gasteiger partial charge in [-0.25, -0.2) is 0 Å². The van der Waals surface area contributed by atoms with Crippen LogP contribution in [0.4, 0.5) is 11.4 Å². The summed E-state index contributed by atoms with van der Waals surface area (Å²) in [5.74, 6) is -0.203. The minimum atomic E-state index is -2.96. The summed E-state index contributed by atoms with van der Waals surface area (Å²) in [6.07, 6.45) is -0.106. The lowest BCUT2D eigenvalue weighted by Crippen LogP contribution is -2.48. The molecule has 1 spiro atoms. The second-order valence-electron chi connectivity index (χ2n) is 12.3. The van der Waals surface area contributed by atoms with Crippen LogP contribution in [0.5, 0.6) is 5.75 Å². The van der Waals surface area contributed by atoms with E-state index in [2.05, 4.69) is 0 Å². The van der Waals surface area contributed by atoms with E-state index in [0.717, 1.165) is 16.8 Å². The average molecular weight is 587 g/mol. The molecule has 3 aliphatic heterocycles. The Morgan fingerprint density at radius 2 is 1.76 bits per heavy atom. The minimum absolute atomic E-state index is 0.00430. The Bertz CT molecular complexity index is 1510. The third-order valence-corrected chi connectivity index (χ3v) is 11.9. The summed E-state index contributed by atoms with van der Waals surface area (Å²) >= 11 is 0. The second-order valence-corrected chi connectivity index (χ2v) is 16.2. The summed E-state index contributed by atoms with van der Waals surface area (Å²) in [5.41, 5.74) is 2.51. The Labute approximate surface area is 247 Å². The van der Waals surface area contributed by atoms with E-state index in [9.17, 15) is 19.5 Å². The van der Waals surface area contributed by atoms with Gasteiger partial charge in [-0.3, -0.25) is 14.5 Å². The smallest absolute Gasteiger partial charge is 0.268 e. The van der Waals surface area contributed by atoms with Crippen molar-refractivity contribution < 1.29 is 29.0 Å². The zero-order valence-electron chi connectivity index (χ0n) is 24.5. The van der Waals surface area contributed by atoms with Gasteiger partial charge in [0.2, 0.25) is 5.91 Å². The Morgan fingerprint density at radius 1 is 1.07 bits per heavy atom.